The van der Waals surface area contributed by atoms with Crippen molar-refractivity contribution in [3.63, 3.8) is 0 Å². The Labute approximate surface area is 168 Å². The minimum absolute atomic E-state index is 0.151. The number of nitrogens with zero attached hydrogens (tertiary/aromatic N) is 2. The highest BCUT2D eigenvalue weighted by Gasteiger charge is 2.36. The SMILES string of the molecule is NS(=O)(=O)c1ccc(NCc2ccnc(N3CCCCCC3)c2)cc1C(F)(F)F. The molecule has 1 saturated heterocycles. The fourth-order valence-electron chi connectivity index (χ4n) is 3.36. The number of benzene rings is 1. The second-order valence-electron chi connectivity index (χ2n) is 7.03. The Kier molecular flexibility index (Phi) is 6.33. The molecule has 3 N–H and O–H groups in total. The molecule has 1 aliphatic rings. The van der Waals surface area contributed by atoms with E-state index in [2.05, 4.69) is 15.2 Å². The Hall–Kier alpha value is -2.33. The van der Waals surface area contributed by atoms with Crippen molar-refractivity contribution in [1.82, 2.24) is 4.98 Å². The molecule has 2 aromatic rings. The van der Waals surface area contributed by atoms with Crippen LogP contribution in [0.1, 0.15) is 36.8 Å². The normalized spacial score (nSPS) is 15.8. The molecule has 1 aromatic heterocycles. The first-order chi connectivity index (χ1) is 13.6. The number of hydrogen-bond acceptors (Lipinski definition) is 5. The van der Waals surface area contributed by atoms with Gasteiger partial charge in [-0.25, -0.2) is 18.5 Å². The lowest BCUT2D eigenvalue weighted by Gasteiger charge is -2.22. The van der Waals surface area contributed by atoms with E-state index in [1.807, 2.05) is 6.07 Å². The van der Waals surface area contributed by atoms with Gasteiger partial charge in [0.2, 0.25) is 10.0 Å². The first-order valence-corrected chi connectivity index (χ1v) is 10.9. The van der Waals surface area contributed by atoms with E-state index in [0.29, 0.717) is 0 Å². The Morgan fingerprint density at radius 2 is 1.76 bits per heavy atom. The number of alkyl halides is 3. The summed E-state index contributed by atoms with van der Waals surface area (Å²) in [5.41, 5.74) is -0.272. The van der Waals surface area contributed by atoms with Crippen molar-refractivity contribution in [2.45, 2.75) is 43.3 Å². The van der Waals surface area contributed by atoms with Crippen molar-refractivity contribution >= 4 is 21.5 Å². The Bertz CT molecular complexity index is 956. The van der Waals surface area contributed by atoms with E-state index in [4.69, 9.17) is 5.14 Å². The third-order valence-electron chi connectivity index (χ3n) is 4.83. The van der Waals surface area contributed by atoms with Gasteiger partial charge in [0.15, 0.2) is 0 Å². The van der Waals surface area contributed by atoms with Crippen LogP contribution < -0.4 is 15.4 Å². The molecule has 158 valence electrons. The predicted octanol–water partition coefficient (Wildman–Crippen LogP) is 3.74. The molecule has 1 aromatic carbocycles. The van der Waals surface area contributed by atoms with Gasteiger partial charge < -0.3 is 10.2 Å². The molecular formula is C19H23F3N4O2S. The van der Waals surface area contributed by atoms with Crippen molar-refractivity contribution in [2.24, 2.45) is 5.14 Å². The van der Waals surface area contributed by atoms with Crippen LogP contribution in [0.25, 0.3) is 0 Å². The lowest BCUT2D eigenvalue weighted by atomic mass is 10.2. The summed E-state index contributed by atoms with van der Waals surface area (Å²) in [6.07, 6.45) is 1.47. The molecule has 1 aliphatic heterocycles. The van der Waals surface area contributed by atoms with Crippen LogP contribution in [0, 0.1) is 0 Å². The highest BCUT2D eigenvalue weighted by molar-refractivity contribution is 7.89. The smallest absolute Gasteiger partial charge is 0.381 e. The quantitative estimate of drug-likeness (QED) is 0.758. The van der Waals surface area contributed by atoms with E-state index < -0.39 is 26.7 Å². The number of pyridine rings is 1. The molecule has 0 saturated carbocycles. The predicted molar refractivity (Wildman–Crippen MR) is 105 cm³/mol. The van der Waals surface area contributed by atoms with Gasteiger partial charge in [-0.2, -0.15) is 13.2 Å². The number of halogens is 3. The maximum absolute atomic E-state index is 13.3. The molecule has 0 spiro atoms. The van der Waals surface area contributed by atoms with E-state index >= 15 is 0 Å². The zero-order chi connectivity index (χ0) is 21.1. The third kappa shape index (κ3) is 5.60. The van der Waals surface area contributed by atoms with Crippen molar-refractivity contribution in [3.05, 3.63) is 47.7 Å². The summed E-state index contributed by atoms with van der Waals surface area (Å²) in [7, 11) is -4.48. The molecule has 29 heavy (non-hydrogen) atoms. The van der Waals surface area contributed by atoms with Crippen LogP contribution in [0.15, 0.2) is 41.4 Å². The van der Waals surface area contributed by atoms with E-state index in [0.717, 1.165) is 49.4 Å². The fourth-order valence-corrected chi connectivity index (χ4v) is 4.10. The molecule has 0 radical (unpaired) electrons. The number of rotatable bonds is 5. The van der Waals surface area contributed by atoms with Gasteiger partial charge in [0.25, 0.3) is 0 Å². The molecule has 10 heteroatoms. The van der Waals surface area contributed by atoms with Crippen molar-refractivity contribution < 1.29 is 21.6 Å². The van der Waals surface area contributed by atoms with Crippen LogP contribution in [0.2, 0.25) is 0 Å². The standard InChI is InChI=1S/C19H23F3N4O2S/c20-19(21,22)16-12-15(5-6-17(16)29(23,27)28)25-13-14-7-8-24-18(11-14)26-9-3-1-2-4-10-26/h5-8,11-12,25H,1-4,9-10,13H2,(H2,23,27,28). The lowest BCUT2D eigenvalue weighted by Crippen LogP contribution is -2.25. The molecule has 0 aliphatic carbocycles. The van der Waals surface area contributed by atoms with Gasteiger partial charge in [0, 0.05) is 31.5 Å². The summed E-state index contributed by atoms with van der Waals surface area (Å²) in [5.74, 6) is 0.853. The van der Waals surface area contributed by atoms with Crippen LogP contribution in [0.5, 0.6) is 0 Å². The number of primary sulfonamides is 1. The van der Waals surface area contributed by atoms with E-state index in [1.165, 1.54) is 18.9 Å². The number of hydrogen-bond donors (Lipinski definition) is 2. The molecule has 1 fully saturated rings. The Morgan fingerprint density at radius 1 is 1.07 bits per heavy atom. The zero-order valence-electron chi connectivity index (χ0n) is 15.7. The highest BCUT2D eigenvalue weighted by atomic mass is 32.2. The van der Waals surface area contributed by atoms with Gasteiger partial charge in [-0.1, -0.05) is 12.8 Å². The van der Waals surface area contributed by atoms with Gasteiger partial charge in [-0.15, -0.1) is 0 Å². The summed E-state index contributed by atoms with van der Waals surface area (Å²) in [5, 5.41) is 7.82. The van der Waals surface area contributed by atoms with Crippen molar-refractivity contribution in [2.75, 3.05) is 23.3 Å². The second-order valence-corrected chi connectivity index (χ2v) is 8.56. The van der Waals surface area contributed by atoms with E-state index in [-0.39, 0.29) is 12.2 Å². The van der Waals surface area contributed by atoms with Crippen LogP contribution >= 0.6 is 0 Å². The maximum atomic E-state index is 13.3. The van der Waals surface area contributed by atoms with Crippen LogP contribution in [0.4, 0.5) is 24.7 Å². The van der Waals surface area contributed by atoms with Gasteiger partial charge in [-0.3, -0.25) is 0 Å². The molecule has 3 rings (SSSR count). The molecule has 0 bridgehead atoms. The van der Waals surface area contributed by atoms with Gasteiger partial charge in [0.05, 0.1) is 10.5 Å². The minimum Gasteiger partial charge on any atom is -0.381 e. The zero-order valence-corrected chi connectivity index (χ0v) is 16.6. The minimum atomic E-state index is -4.84. The van der Waals surface area contributed by atoms with E-state index in [9.17, 15) is 21.6 Å². The summed E-state index contributed by atoms with van der Waals surface area (Å²) in [4.78, 5) is 5.69. The topological polar surface area (TPSA) is 88.3 Å². The molecule has 6 nitrogen and oxygen atoms in total. The highest BCUT2D eigenvalue weighted by Crippen LogP contribution is 2.35. The van der Waals surface area contributed by atoms with E-state index in [1.54, 1.807) is 12.3 Å². The van der Waals surface area contributed by atoms with Crippen molar-refractivity contribution in [1.29, 1.82) is 0 Å². The number of nitrogens with two attached hydrogens (primary N) is 1. The molecule has 0 atom stereocenters. The summed E-state index contributed by atoms with van der Waals surface area (Å²) in [6, 6.07) is 6.61. The summed E-state index contributed by atoms with van der Waals surface area (Å²) >= 11 is 0. The first kappa shape index (κ1) is 21.4. The Balaban J connectivity index is 1.77. The summed E-state index contributed by atoms with van der Waals surface area (Å²) in [6.45, 7) is 2.15. The first-order valence-electron chi connectivity index (χ1n) is 9.32. The molecule has 2 heterocycles. The average Bonchev–Trinajstić information content (AvgIpc) is 2.94. The fraction of sp³-hybridized carbons (Fsp3) is 0.421. The molecular weight excluding hydrogens is 405 g/mol. The Morgan fingerprint density at radius 3 is 2.38 bits per heavy atom. The number of nitrogens with one attached hydrogen (secondary N) is 1. The molecule has 0 unspecified atom stereocenters. The summed E-state index contributed by atoms with van der Waals surface area (Å²) < 4.78 is 62.7. The second kappa shape index (κ2) is 8.58. The number of sulfonamides is 1. The average molecular weight is 428 g/mol. The monoisotopic (exact) mass is 428 g/mol. The third-order valence-corrected chi connectivity index (χ3v) is 5.80. The van der Waals surface area contributed by atoms with Crippen LogP contribution in [-0.2, 0) is 22.7 Å². The van der Waals surface area contributed by atoms with Gasteiger partial charge in [-0.05, 0) is 48.7 Å². The largest absolute Gasteiger partial charge is 0.417 e. The lowest BCUT2D eigenvalue weighted by molar-refractivity contribution is -0.139. The van der Waals surface area contributed by atoms with Crippen LogP contribution in [-0.4, -0.2) is 26.5 Å². The number of anilines is 2. The van der Waals surface area contributed by atoms with Gasteiger partial charge >= 0.3 is 6.18 Å². The van der Waals surface area contributed by atoms with Crippen molar-refractivity contribution in [3.8, 4) is 0 Å². The maximum Gasteiger partial charge on any atom is 0.417 e. The molecule has 0 amide bonds. The van der Waals surface area contributed by atoms with Crippen LogP contribution in [0.3, 0.4) is 0 Å². The van der Waals surface area contributed by atoms with Gasteiger partial charge in [0.1, 0.15) is 5.82 Å². The number of aromatic nitrogens is 1.